The van der Waals surface area contributed by atoms with E-state index in [0.717, 1.165) is 22.3 Å². The first-order chi connectivity index (χ1) is 15.3. The topological polar surface area (TPSA) is 40.5 Å². The number of rotatable bonds is 6. The Bertz CT molecular complexity index is 1070. The standard InChI is InChI=1S/C30H34O2/c1-7-9-21-17-23(11-15-27(21)31)29-25(19(3)4)13-14-26(20(5)6)30(29)24-12-16-28(32)22(18-24)10-8-2/h7-20,31-32H,1-6H3. The highest BCUT2D eigenvalue weighted by Crippen LogP contribution is 2.44. The summed E-state index contributed by atoms with van der Waals surface area (Å²) in [4.78, 5) is 0. The van der Waals surface area contributed by atoms with E-state index in [-0.39, 0.29) is 11.5 Å². The van der Waals surface area contributed by atoms with E-state index >= 15 is 0 Å². The molecule has 3 aromatic carbocycles. The van der Waals surface area contributed by atoms with E-state index in [1.54, 1.807) is 12.1 Å². The zero-order chi connectivity index (χ0) is 23.4. The van der Waals surface area contributed by atoms with Gasteiger partial charge in [0, 0.05) is 11.1 Å². The molecule has 0 fully saturated rings. The average molecular weight is 427 g/mol. The molecule has 0 aliphatic heterocycles. The van der Waals surface area contributed by atoms with Crippen molar-refractivity contribution in [1.82, 2.24) is 0 Å². The van der Waals surface area contributed by atoms with E-state index in [1.165, 1.54) is 22.3 Å². The maximum absolute atomic E-state index is 10.4. The van der Waals surface area contributed by atoms with Crippen LogP contribution in [0, 0.1) is 0 Å². The van der Waals surface area contributed by atoms with Gasteiger partial charge in [0.15, 0.2) is 0 Å². The van der Waals surface area contributed by atoms with Crippen LogP contribution >= 0.6 is 0 Å². The van der Waals surface area contributed by atoms with Crippen LogP contribution < -0.4 is 0 Å². The molecule has 0 saturated carbocycles. The second-order valence-electron chi connectivity index (χ2n) is 8.85. The molecule has 0 unspecified atom stereocenters. The van der Waals surface area contributed by atoms with Crippen LogP contribution in [0.1, 0.15) is 75.6 Å². The second kappa shape index (κ2) is 9.91. The quantitative estimate of drug-likeness (QED) is 0.413. The smallest absolute Gasteiger partial charge is 0.122 e. The van der Waals surface area contributed by atoms with Gasteiger partial charge < -0.3 is 10.2 Å². The van der Waals surface area contributed by atoms with Gasteiger partial charge in [-0.1, -0.05) is 76.3 Å². The lowest BCUT2D eigenvalue weighted by molar-refractivity contribution is 0.473. The number of hydrogen-bond donors (Lipinski definition) is 2. The highest BCUT2D eigenvalue weighted by atomic mass is 16.3. The molecule has 3 aromatic rings. The lowest BCUT2D eigenvalue weighted by Gasteiger charge is -2.24. The first-order valence-corrected chi connectivity index (χ1v) is 11.4. The molecule has 0 atom stereocenters. The fourth-order valence-electron chi connectivity index (χ4n) is 4.27. The maximum Gasteiger partial charge on any atom is 0.122 e. The molecule has 0 spiro atoms. The Hall–Kier alpha value is -3.26. The third-order valence-corrected chi connectivity index (χ3v) is 5.84. The summed E-state index contributed by atoms with van der Waals surface area (Å²) in [6, 6.07) is 16.2. The fraction of sp³-hybridized carbons (Fsp3) is 0.267. The van der Waals surface area contributed by atoms with Crippen molar-refractivity contribution in [2.75, 3.05) is 0 Å². The number of allylic oxidation sites excluding steroid dienone is 2. The molecule has 0 heterocycles. The van der Waals surface area contributed by atoms with Crippen LogP contribution in [0.5, 0.6) is 11.5 Å². The molecular formula is C30H34O2. The van der Waals surface area contributed by atoms with Crippen molar-refractivity contribution in [2.24, 2.45) is 0 Å². The SMILES string of the molecule is CC=Cc1cc(-c2c(C(C)C)ccc(C(C)C)c2-c2ccc(O)c(C=CC)c2)ccc1O. The zero-order valence-electron chi connectivity index (χ0n) is 20.0. The van der Waals surface area contributed by atoms with Gasteiger partial charge in [0.05, 0.1) is 0 Å². The minimum Gasteiger partial charge on any atom is -0.507 e. The Balaban J connectivity index is 2.45. The Morgan fingerprint density at radius 3 is 1.28 bits per heavy atom. The lowest BCUT2D eigenvalue weighted by atomic mass is 9.80. The number of aromatic hydroxyl groups is 2. The first kappa shape index (κ1) is 23.4. The molecule has 0 aliphatic carbocycles. The van der Waals surface area contributed by atoms with Crippen LogP contribution in [-0.4, -0.2) is 10.2 Å². The minimum atomic E-state index is 0.277. The summed E-state index contributed by atoms with van der Waals surface area (Å²) in [6.45, 7) is 12.8. The van der Waals surface area contributed by atoms with Crippen molar-refractivity contribution in [3.05, 3.63) is 82.9 Å². The Kier molecular flexibility index (Phi) is 7.25. The Labute approximate surface area is 192 Å². The third-order valence-electron chi connectivity index (χ3n) is 5.84. The molecule has 0 aromatic heterocycles. The summed E-state index contributed by atoms with van der Waals surface area (Å²) in [7, 11) is 0. The van der Waals surface area contributed by atoms with Crippen molar-refractivity contribution in [3.63, 3.8) is 0 Å². The number of phenols is 2. The van der Waals surface area contributed by atoms with Gasteiger partial charge in [0.25, 0.3) is 0 Å². The van der Waals surface area contributed by atoms with Crippen molar-refractivity contribution in [1.29, 1.82) is 0 Å². The van der Waals surface area contributed by atoms with Gasteiger partial charge in [-0.3, -0.25) is 0 Å². The van der Waals surface area contributed by atoms with Crippen LogP contribution in [0.2, 0.25) is 0 Å². The summed E-state index contributed by atoms with van der Waals surface area (Å²) in [6.07, 6.45) is 7.75. The van der Waals surface area contributed by atoms with Crippen molar-refractivity contribution < 1.29 is 10.2 Å². The van der Waals surface area contributed by atoms with Crippen molar-refractivity contribution >= 4 is 12.2 Å². The van der Waals surface area contributed by atoms with E-state index in [1.807, 2.05) is 50.3 Å². The average Bonchev–Trinajstić information content (AvgIpc) is 2.76. The molecule has 0 radical (unpaired) electrons. The third kappa shape index (κ3) is 4.65. The molecule has 0 aliphatic rings. The van der Waals surface area contributed by atoms with Crippen LogP contribution in [0.15, 0.2) is 60.7 Å². The molecule has 2 heteroatoms. The molecule has 3 rings (SSSR count). The van der Waals surface area contributed by atoms with Gasteiger partial charge in [-0.05, 0) is 83.3 Å². The Morgan fingerprint density at radius 1 is 0.594 bits per heavy atom. The summed E-state index contributed by atoms with van der Waals surface area (Å²) in [5, 5.41) is 20.7. The highest BCUT2D eigenvalue weighted by molar-refractivity contribution is 5.90. The van der Waals surface area contributed by atoms with Crippen LogP contribution in [-0.2, 0) is 0 Å². The molecule has 2 N–H and O–H groups in total. The predicted molar refractivity (Wildman–Crippen MR) is 138 cm³/mol. The number of hydrogen-bond acceptors (Lipinski definition) is 2. The number of phenolic OH excluding ortho intramolecular Hbond substituents is 2. The van der Waals surface area contributed by atoms with E-state index in [2.05, 4.69) is 52.0 Å². The summed E-state index contributed by atoms with van der Waals surface area (Å²) in [5.41, 5.74) is 8.69. The molecule has 0 amide bonds. The largest absolute Gasteiger partial charge is 0.507 e. The summed E-state index contributed by atoms with van der Waals surface area (Å²) in [5.74, 6) is 1.21. The van der Waals surface area contributed by atoms with E-state index < -0.39 is 0 Å². The molecule has 0 saturated heterocycles. The second-order valence-corrected chi connectivity index (χ2v) is 8.85. The van der Waals surface area contributed by atoms with Crippen LogP contribution in [0.4, 0.5) is 0 Å². The van der Waals surface area contributed by atoms with Gasteiger partial charge in [0.1, 0.15) is 11.5 Å². The van der Waals surface area contributed by atoms with E-state index in [9.17, 15) is 10.2 Å². The molecule has 2 nitrogen and oxygen atoms in total. The van der Waals surface area contributed by atoms with E-state index in [0.29, 0.717) is 11.8 Å². The fourth-order valence-corrected chi connectivity index (χ4v) is 4.27. The van der Waals surface area contributed by atoms with Gasteiger partial charge in [0.2, 0.25) is 0 Å². The van der Waals surface area contributed by atoms with Gasteiger partial charge in [-0.15, -0.1) is 0 Å². The molecule has 166 valence electrons. The normalized spacial score (nSPS) is 12.0. The van der Waals surface area contributed by atoms with Crippen LogP contribution in [0.25, 0.3) is 34.4 Å². The van der Waals surface area contributed by atoms with E-state index in [4.69, 9.17) is 0 Å². The molecule has 0 bridgehead atoms. The minimum absolute atomic E-state index is 0.277. The monoisotopic (exact) mass is 426 g/mol. The zero-order valence-corrected chi connectivity index (χ0v) is 20.0. The first-order valence-electron chi connectivity index (χ1n) is 11.4. The Morgan fingerprint density at radius 2 is 0.969 bits per heavy atom. The van der Waals surface area contributed by atoms with Crippen molar-refractivity contribution in [2.45, 2.75) is 53.4 Å². The van der Waals surface area contributed by atoms with Crippen LogP contribution in [0.3, 0.4) is 0 Å². The van der Waals surface area contributed by atoms with Crippen molar-refractivity contribution in [3.8, 4) is 33.8 Å². The maximum atomic E-state index is 10.4. The lowest BCUT2D eigenvalue weighted by Crippen LogP contribution is -2.02. The van der Waals surface area contributed by atoms with Gasteiger partial charge in [-0.25, -0.2) is 0 Å². The summed E-state index contributed by atoms with van der Waals surface area (Å²) >= 11 is 0. The number of benzene rings is 3. The van der Waals surface area contributed by atoms with Gasteiger partial charge >= 0.3 is 0 Å². The molecular weight excluding hydrogens is 392 g/mol. The predicted octanol–water partition coefficient (Wildman–Crippen LogP) is 8.74. The highest BCUT2D eigenvalue weighted by Gasteiger charge is 2.21. The molecule has 32 heavy (non-hydrogen) atoms. The van der Waals surface area contributed by atoms with Gasteiger partial charge in [-0.2, -0.15) is 0 Å². The summed E-state index contributed by atoms with van der Waals surface area (Å²) < 4.78 is 0.